The lowest BCUT2D eigenvalue weighted by molar-refractivity contribution is -0.178. The largest absolute Gasteiger partial charge is 0.354 e. The molecule has 4 nitrogen and oxygen atoms in total. The number of rotatable bonds is 5. The van der Waals surface area contributed by atoms with Crippen molar-refractivity contribution in [1.29, 1.82) is 0 Å². The van der Waals surface area contributed by atoms with Crippen LogP contribution in [0.2, 0.25) is 0 Å². The number of amides is 2. The van der Waals surface area contributed by atoms with Crippen molar-refractivity contribution >= 4 is 11.8 Å². The summed E-state index contributed by atoms with van der Waals surface area (Å²) in [5, 5.41) is 2.93. The van der Waals surface area contributed by atoms with Gasteiger partial charge in [0.05, 0.1) is 11.5 Å². The van der Waals surface area contributed by atoms with Crippen LogP contribution in [0.5, 0.6) is 0 Å². The molecule has 1 heterocycles. The number of nitrogens with zero attached hydrogens (tertiary/aromatic N) is 1. The summed E-state index contributed by atoms with van der Waals surface area (Å²) in [6.07, 6.45) is 5.53. The Morgan fingerprint density at radius 1 is 1.21 bits per heavy atom. The lowest BCUT2D eigenvalue weighted by Crippen LogP contribution is -2.64. The van der Waals surface area contributed by atoms with E-state index in [0.717, 1.165) is 25.7 Å². The summed E-state index contributed by atoms with van der Waals surface area (Å²) in [6, 6.07) is 10.5. The first-order chi connectivity index (χ1) is 11.6. The minimum atomic E-state index is -0.193. The molecule has 2 fully saturated rings. The number of hydrogen-bond acceptors (Lipinski definition) is 2. The van der Waals surface area contributed by atoms with Crippen molar-refractivity contribution in [2.45, 2.75) is 52.0 Å². The van der Waals surface area contributed by atoms with Gasteiger partial charge in [-0.1, -0.05) is 63.4 Å². The Balaban J connectivity index is 1.73. The second-order valence-electron chi connectivity index (χ2n) is 7.47. The molecule has 1 aliphatic carbocycles. The highest BCUT2D eigenvalue weighted by Crippen LogP contribution is 2.57. The van der Waals surface area contributed by atoms with E-state index in [2.05, 4.69) is 17.4 Å². The first-order valence-corrected chi connectivity index (χ1v) is 9.20. The Kier molecular flexibility index (Phi) is 4.93. The van der Waals surface area contributed by atoms with E-state index in [0.29, 0.717) is 13.1 Å². The highest BCUT2D eigenvalue weighted by molar-refractivity contribution is 5.91. The minimum absolute atomic E-state index is 0.0216. The van der Waals surface area contributed by atoms with Crippen molar-refractivity contribution in [3.63, 3.8) is 0 Å². The minimum Gasteiger partial charge on any atom is -0.354 e. The maximum atomic E-state index is 12.9. The number of benzene rings is 1. The third-order valence-electron chi connectivity index (χ3n) is 5.56. The second kappa shape index (κ2) is 6.96. The molecule has 2 aliphatic rings. The molecule has 130 valence electrons. The van der Waals surface area contributed by atoms with Gasteiger partial charge in [-0.15, -0.1) is 0 Å². The average Bonchev–Trinajstić information content (AvgIpc) is 2.61. The lowest BCUT2D eigenvalue weighted by atomic mass is 9.60. The second-order valence-corrected chi connectivity index (χ2v) is 7.47. The van der Waals surface area contributed by atoms with Crippen LogP contribution < -0.4 is 5.32 Å². The summed E-state index contributed by atoms with van der Waals surface area (Å²) in [5.74, 6) is 0.313. The van der Waals surface area contributed by atoms with Gasteiger partial charge in [0.2, 0.25) is 11.8 Å². The number of β-lactam (4-membered cyclic amide) rings is 1. The predicted molar refractivity (Wildman–Crippen MR) is 94.3 cm³/mol. The van der Waals surface area contributed by atoms with Crippen LogP contribution in [0.1, 0.15) is 57.6 Å². The fraction of sp³-hybridized carbons (Fsp3) is 0.600. The number of nitrogens with one attached hydrogen (secondary N) is 1. The van der Waals surface area contributed by atoms with Gasteiger partial charge < -0.3 is 10.2 Å². The summed E-state index contributed by atoms with van der Waals surface area (Å²) in [7, 11) is 0. The highest BCUT2D eigenvalue weighted by atomic mass is 16.2. The zero-order valence-electron chi connectivity index (χ0n) is 14.8. The van der Waals surface area contributed by atoms with Crippen molar-refractivity contribution in [2.75, 3.05) is 13.1 Å². The molecule has 1 saturated carbocycles. The van der Waals surface area contributed by atoms with E-state index in [1.165, 1.54) is 12.0 Å². The van der Waals surface area contributed by atoms with Crippen LogP contribution >= 0.6 is 0 Å². The van der Waals surface area contributed by atoms with Crippen LogP contribution in [0, 0.1) is 11.3 Å². The monoisotopic (exact) mass is 328 g/mol. The van der Waals surface area contributed by atoms with Crippen molar-refractivity contribution < 1.29 is 9.59 Å². The third kappa shape index (κ3) is 2.94. The van der Waals surface area contributed by atoms with Crippen LogP contribution in [-0.4, -0.2) is 29.8 Å². The molecule has 1 aromatic rings. The molecule has 0 aromatic heterocycles. The molecule has 1 unspecified atom stereocenters. The Bertz CT molecular complexity index is 591. The molecule has 1 saturated heterocycles. The van der Waals surface area contributed by atoms with Crippen molar-refractivity contribution in [2.24, 2.45) is 11.3 Å². The quantitative estimate of drug-likeness (QED) is 0.843. The van der Waals surface area contributed by atoms with E-state index < -0.39 is 0 Å². The standard InChI is InChI=1S/C20H28N2O2/c1-15(2)18(23)21-13-14-22-17(16-9-5-3-6-10-16)20(19(22)24)11-7-4-8-12-20/h3,5-6,9-10,15,17H,4,7-8,11-14H2,1-2H3,(H,21,23). The molecule has 2 amide bonds. The highest BCUT2D eigenvalue weighted by Gasteiger charge is 2.60. The van der Waals surface area contributed by atoms with Gasteiger partial charge in [0, 0.05) is 19.0 Å². The molecule has 1 spiro atoms. The maximum absolute atomic E-state index is 12.9. The Morgan fingerprint density at radius 2 is 1.88 bits per heavy atom. The lowest BCUT2D eigenvalue weighted by Gasteiger charge is -2.58. The Labute approximate surface area is 144 Å². The van der Waals surface area contributed by atoms with Crippen molar-refractivity contribution in [1.82, 2.24) is 10.2 Å². The van der Waals surface area contributed by atoms with Crippen LogP contribution in [0.3, 0.4) is 0 Å². The maximum Gasteiger partial charge on any atom is 0.231 e. The Hall–Kier alpha value is -1.84. The van der Waals surface area contributed by atoms with Crippen LogP contribution in [0.15, 0.2) is 30.3 Å². The summed E-state index contributed by atoms with van der Waals surface area (Å²) in [4.78, 5) is 26.7. The fourth-order valence-electron chi connectivity index (χ4n) is 4.29. The predicted octanol–water partition coefficient (Wildman–Crippen LogP) is 3.29. The van der Waals surface area contributed by atoms with E-state index in [1.54, 1.807) is 0 Å². The van der Waals surface area contributed by atoms with Gasteiger partial charge >= 0.3 is 0 Å². The zero-order chi connectivity index (χ0) is 17.2. The summed E-state index contributed by atoms with van der Waals surface area (Å²) in [6.45, 7) is 4.89. The fourth-order valence-corrected chi connectivity index (χ4v) is 4.29. The van der Waals surface area contributed by atoms with Gasteiger partial charge in [0.25, 0.3) is 0 Å². The molecule has 0 radical (unpaired) electrons. The van der Waals surface area contributed by atoms with Gasteiger partial charge in [-0.25, -0.2) is 0 Å². The smallest absolute Gasteiger partial charge is 0.231 e. The van der Waals surface area contributed by atoms with E-state index >= 15 is 0 Å². The van der Waals surface area contributed by atoms with E-state index in [9.17, 15) is 9.59 Å². The van der Waals surface area contributed by atoms with Gasteiger partial charge in [-0.05, 0) is 18.4 Å². The molecular weight excluding hydrogens is 300 g/mol. The van der Waals surface area contributed by atoms with Gasteiger partial charge in [0.15, 0.2) is 0 Å². The number of carbonyl (C=O) groups excluding carboxylic acids is 2. The van der Waals surface area contributed by atoms with E-state index in [1.807, 2.05) is 36.9 Å². The molecule has 1 aromatic carbocycles. The zero-order valence-corrected chi connectivity index (χ0v) is 14.8. The summed E-state index contributed by atoms with van der Waals surface area (Å²) < 4.78 is 0. The number of hydrogen-bond donors (Lipinski definition) is 1. The SMILES string of the molecule is CC(C)C(=O)NCCN1C(=O)C2(CCCCC2)C1c1ccccc1. The van der Waals surface area contributed by atoms with Crippen molar-refractivity contribution in [3.8, 4) is 0 Å². The summed E-state index contributed by atoms with van der Waals surface area (Å²) >= 11 is 0. The van der Waals surface area contributed by atoms with Crippen LogP contribution in [-0.2, 0) is 9.59 Å². The number of carbonyl (C=O) groups is 2. The van der Waals surface area contributed by atoms with Crippen molar-refractivity contribution in [3.05, 3.63) is 35.9 Å². The van der Waals surface area contributed by atoms with E-state index in [-0.39, 0.29) is 29.2 Å². The molecule has 24 heavy (non-hydrogen) atoms. The third-order valence-corrected chi connectivity index (χ3v) is 5.56. The van der Waals surface area contributed by atoms with Gasteiger partial charge in [0.1, 0.15) is 0 Å². The van der Waals surface area contributed by atoms with Gasteiger partial charge in [-0.3, -0.25) is 9.59 Å². The molecule has 4 heteroatoms. The molecule has 1 aliphatic heterocycles. The summed E-state index contributed by atoms with van der Waals surface area (Å²) in [5.41, 5.74) is 1.04. The topological polar surface area (TPSA) is 49.4 Å². The number of likely N-dealkylation sites (tertiary alicyclic amines) is 1. The molecule has 3 rings (SSSR count). The first kappa shape index (κ1) is 17.0. The molecular formula is C20H28N2O2. The molecule has 0 bridgehead atoms. The van der Waals surface area contributed by atoms with E-state index in [4.69, 9.17) is 0 Å². The molecule has 1 atom stereocenters. The normalized spacial score (nSPS) is 22.5. The average molecular weight is 328 g/mol. The van der Waals surface area contributed by atoms with Gasteiger partial charge in [-0.2, -0.15) is 0 Å². The van der Waals surface area contributed by atoms with Crippen LogP contribution in [0.25, 0.3) is 0 Å². The molecule has 1 N–H and O–H groups in total. The van der Waals surface area contributed by atoms with Crippen LogP contribution in [0.4, 0.5) is 0 Å². The Morgan fingerprint density at radius 3 is 2.50 bits per heavy atom. The first-order valence-electron chi connectivity index (χ1n) is 9.20.